The van der Waals surface area contributed by atoms with Gasteiger partial charge in [0.05, 0.1) is 11.1 Å². The molecule has 2 atom stereocenters. The highest BCUT2D eigenvalue weighted by Gasteiger charge is 2.31. The highest BCUT2D eigenvalue weighted by molar-refractivity contribution is 9.10. The van der Waals surface area contributed by atoms with Crippen LogP contribution in [-0.2, 0) is 0 Å². The molecule has 2 unspecified atom stereocenters. The maximum Gasteiger partial charge on any atom is 0.131 e. The van der Waals surface area contributed by atoms with E-state index in [1.54, 1.807) is 24.3 Å². The van der Waals surface area contributed by atoms with Crippen LogP contribution in [0.1, 0.15) is 29.8 Å². The van der Waals surface area contributed by atoms with Crippen LogP contribution in [0, 0.1) is 5.82 Å². The molecular formula is C15H11BrClFO2. The molecule has 1 aliphatic heterocycles. The normalized spacial score (nSPS) is 21.2. The van der Waals surface area contributed by atoms with Gasteiger partial charge < -0.3 is 9.84 Å². The molecule has 1 N–H and O–H groups in total. The number of hydrogen-bond acceptors (Lipinski definition) is 2. The number of aliphatic hydroxyl groups excluding tert-OH is 1. The fourth-order valence-electron chi connectivity index (χ4n) is 2.41. The van der Waals surface area contributed by atoms with Crippen molar-refractivity contribution >= 4 is 27.5 Å². The maximum absolute atomic E-state index is 13.9. The average Bonchev–Trinajstić information content (AvgIpc) is 2.39. The molecule has 0 aliphatic carbocycles. The van der Waals surface area contributed by atoms with Gasteiger partial charge in [-0.25, -0.2) is 4.39 Å². The average molecular weight is 358 g/mol. The van der Waals surface area contributed by atoms with Gasteiger partial charge >= 0.3 is 0 Å². The molecule has 0 aromatic heterocycles. The minimum Gasteiger partial charge on any atom is -0.485 e. The molecule has 0 bridgehead atoms. The maximum atomic E-state index is 13.9. The summed E-state index contributed by atoms with van der Waals surface area (Å²) < 4.78 is 20.6. The van der Waals surface area contributed by atoms with Gasteiger partial charge in [0.25, 0.3) is 0 Å². The van der Waals surface area contributed by atoms with E-state index in [2.05, 4.69) is 15.9 Å². The predicted molar refractivity (Wildman–Crippen MR) is 78.5 cm³/mol. The summed E-state index contributed by atoms with van der Waals surface area (Å²) in [5.41, 5.74) is 0.991. The van der Waals surface area contributed by atoms with E-state index in [0.29, 0.717) is 21.9 Å². The summed E-state index contributed by atoms with van der Waals surface area (Å²) in [4.78, 5) is 0. The third-order valence-electron chi connectivity index (χ3n) is 3.36. The molecule has 2 nitrogen and oxygen atoms in total. The second-order valence-corrected chi connectivity index (χ2v) is 6.00. The van der Waals surface area contributed by atoms with Crippen LogP contribution >= 0.6 is 27.5 Å². The summed E-state index contributed by atoms with van der Waals surface area (Å²) in [6.07, 6.45) is -1.03. The van der Waals surface area contributed by atoms with Crippen LogP contribution in [-0.4, -0.2) is 5.11 Å². The molecule has 1 heterocycles. The minimum absolute atomic E-state index is 0.268. The monoisotopic (exact) mass is 356 g/mol. The first-order chi connectivity index (χ1) is 9.56. The van der Waals surface area contributed by atoms with Gasteiger partial charge in [0, 0.05) is 22.0 Å². The molecular weight excluding hydrogens is 347 g/mol. The molecule has 0 radical (unpaired) electrons. The number of benzene rings is 2. The van der Waals surface area contributed by atoms with Crippen LogP contribution in [0.15, 0.2) is 40.9 Å². The number of rotatable bonds is 1. The highest BCUT2D eigenvalue weighted by atomic mass is 79.9. The molecule has 0 fully saturated rings. The number of fused-ring (bicyclic) bond motifs is 1. The Hall–Kier alpha value is -1.10. The first-order valence-corrected chi connectivity index (χ1v) is 7.31. The molecule has 0 amide bonds. The van der Waals surface area contributed by atoms with Gasteiger partial charge in [0.2, 0.25) is 0 Å². The largest absolute Gasteiger partial charge is 0.485 e. The fourth-order valence-corrected chi connectivity index (χ4v) is 3.08. The molecule has 2 aromatic carbocycles. The number of aliphatic hydroxyl groups is 1. The van der Waals surface area contributed by atoms with Crippen LogP contribution in [0.2, 0.25) is 5.02 Å². The van der Waals surface area contributed by atoms with Crippen molar-refractivity contribution in [1.29, 1.82) is 0 Å². The van der Waals surface area contributed by atoms with E-state index in [4.69, 9.17) is 16.3 Å². The second-order valence-electron chi connectivity index (χ2n) is 4.68. The topological polar surface area (TPSA) is 29.5 Å². The van der Waals surface area contributed by atoms with Crippen molar-refractivity contribution in [3.05, 3.63) is 62.8 Å². The summed E-state index contributed by atoms with van der Waals surface area (Å²) in [5, 5.41) is 10.5. The SMILES string of the molecule is OC1CC(c2c(F)cccc2Cl)Oc2ccc(Br)cc21. The lowest BCUT2D eigenvalue weighted by Crippen LogP contribution is -2.20. The smallest absolute Gasteiger partial charge is 0.131 e. The molecule has 0 spiro atoms. The van der Waals surface area contributed by atoms with Crippen molar-refractivity contribution in [2.45, 2.75) is 18.6 Å². The van der Waals surface area contributed by atoms with Crippen LogP contribution in [0.25, 0.3) is 0 Å². The molecule has 20 heavy (non-hydrogen) atoms. The van der Waals surface area contributed by atoms with Gasteiger partial charge in [-0.15, -0.1) is 0 Å². The first kappa shape index (κ1) is 13.9. The van der Waals surface area contributed by atoms with Gasteiger partial charge in [0.15, 0.2) is 0 Å². The van der Waals surface area contributed by atoms with Gasteiger partial charge in [-0.2, -0.15) is 0 Å². The molecule has 3 rings (SSSR count). The van der Waals surface area contributed by atoms with Crippen LogP contribution in [0.5, 0.6) is 5.75 Å². The molecule has 104 valence electrons. The minimum atomic E-state index is -0.711. The van der Waals surface area contributed by atoms with E-state index in [1.807, 2.05) is 6.07 Å². The Morgan fingerprint density at radius 2 is 2.10 bits per heavy atom. The zero-order valence-corrected chi connectivity index (χ0v) is 12.7. The van der Waals surface area contributed by atoms with E-state index in [9.17, 15) is 9.50 Å². The fraction of sp³-hybridized carbons (Fsp3) is 0.200. The summed E-state index contributed by atoms with van der Waals surface area (Å²) in [7, 11) is 0. The van der Waals surface area contributed by atoms with Crippen molar-refractivity contribution in [2.75, 3.05) is 0 Å². The van der Waals surface area contributed by atoms with Crippen molar-refractivity contribution < 1.29 is 14.2 Å². The van der Waals surface area contributed by atoms with Crippen molar-refractivity contribution in [2.24, 2.45) is 0 Å². The Labute approximate surface area is 129 Å². The lowest BCUT2D eigenvalue weighted by molar-refractivity contribution is 0.0640. The number of halogens is 3. The summed E-state index contributed by atoms with van der Waals surface area (Å²) in [5.74, 6) is 0.131. The zero-order chi connectivity index (χ0) is 14.3. The summed E-state index contributed by atoms with van der Waals surface area (Å²) in [6.45, 7) is 0. The van der Waals surface area contributed by atoms with Crippen LogP contribution < -0.4 is 4.74 Å². The van der Waals surface area contributed by atoms with E-state index in [1.165, 1.54) is 6.07 Å². The van der Waals surface area contributed by atoms with Gasteiger partial charge in [-0.05, 0) is 30.3 Å². The number of ether oxygens (including phenoxy) is 1. The van der Waals surface area contributed by atoms with Gasteiger partial charge in [0.1, 0.15) is 17.7 Å². The molecule has 5 heteroatoms. The summed E-state index contributed by atoms with van der Waals surface area (Å²) >= 11 is 9.41. The zero-order valence-electron chi connectivity index (χ0n) is 10.3. The van der Waals surface area contributed by atoms with E-state index >= 15 is 0 Å². The van der Waals surface area contributed by atoms with Crippen molar-refractivity contribution in [3.8, 4) is 5.75 Å². The Kier molecular flexibility index (Phi) is 3.71. The Morgan fingerprint density at radius 3 is 2.85 bits per heavy atom. The highest BCUT2D eigenvalue weighted by Crippen LogP contribution is 2.43. The lowest BCUT2D eigenvalue weighted by atomic mass is 9.95. The van der Waals surface area contributed by atoms with Crippen molar-refractivity contribution in [1.82, 2.24) is 0 Å². The Bertz CT molecular complexity index is 642. The predicted octanol–water partition coefficient (Wildman–Crippen LogP) is 4.80. The lowest BCUT2D eigenvalue weighted by Gasteiger charge is -2.30. The Balaban J connectivity index is 2.01. The van der Waals surface area contributed by atoms with Gasteiger partial charge in [-0.1, -0.05) is 33.6 Å². The molecule has 2 aromatic rings. The third-order valence-corrected chi connectivity index (χ3v) is 4.18. The van der Waals surface area contributed by atoms with Crippen molar-refractivity contribution in [3.63, 3.8) is 0 Å². The second kappa shape index (κ2) is 5.35. The van der Waals surface area contributed by atoms with E-state index in [0.717, 1.165) is 4.47 Å². The van der Waals surface area contributed by atoms with Crippen LogP contribution in [0.3, 0.4) is 0 Å². The Morgan fingerprint density at radius 1 is 1.30 bits per heavy atom. The van der Waals surface area contributed by atoms with E-state index in [-0.39, 0.29) is 6.42 Å². The standard InChI is InChI=1S/C15H11BrClFO2/c16-8-4-5-13-9(6-8)12(19)7-14(20-13)15-10(17)2-1-3-11(15)18/h1-6,12,14,19H,7H2. The molecule has 1 aliphatic rings. The first-order valence-electron chi connectivity index (χ1n) is 6.14. The van der Waals surface area contributed by atoms with Gasteiger partial charge in [-0.3, -0.25) is 0 Å². The molecule has 0 saturated carbocycles. The van der Waals surface area contributed by atoms with E-state index < -0.39 is 18.0 Å². The molecule has 0 saturated heterocycles. The summed E-state index contributed by atoms with van der Waals surface area (Å²) in [6, 6.07) is 9.88. The number of hydrogen-bond donors (Lipinski definition) is 1. The van der Waals surface area contributed by atoms with Crippen LogP contribution in [0.4, 0.5) is 4.39 Å². The third kappa shape index (κ3) is 2.43. The quantitative estimate of drug-likeness (QED) is 0.794.